The van der Waals surface area contributed by atoms with Crippen LogP contribution in [-0.4, -0.2) is 24.9 Å². The largest absolute Gasteiger partial charge is 0.485 e. The van der Waals surface area contributed by atoms with Crippen LogP contribution in [0.15, 0.2) is 42.5 Å². The van der Waals surface area contributed by atoms with E-state index >= 15 is 0 Å². The van der Waals surface area contributed by atoms with E-state index < -0.39 is 5.60 Å². The molecule has 0 amide bonds. The molecule has 0 spiro atoms. The molecule has 3 rings (SSSR count). The molecule has 1 aliphatic rings. The fourth-order valence-corrected chi connectivity index (χ4v) is 3.98. The van der Waals surface area contributed by atoms with Gasteiger partial charge in [0.1, 0.15) is 23.6 Å². The molecule has 0 saturated heterocycles. The average molecular weight is 412 g/mol. The Bertz CT molecular complexity index is 836. The molecule has 0 radical (unpaired) electrons. The Morgan fingerprint density at radius 1 is 1.00 bits per heavy atom. The van der Waals surface area contributed by atoms with Gasteiger partial charge in [-0.25, -0.2) is 0 Å². The second-order valence-corrected chi connectivity index (χ2v) is 9.54. The van der Waals surface area contributed by atoms with Crippen LogP contribution in [0, 0.1) is 0 Å². The second kappa shape index (κ2) is 8.99. The number of benzene rings is 2. The minimum Gasteiger partial charge on any atom is -0.485 e. The van der Waals surface area contributed by atoms with E-state index in [9.17, 15) is 0 Å². The van der Waals surface area contributed by atoms with Gasteiger partial charge in [0.25, 0.3) is 0 Å². The van der Waals surface area contributed by atoms with Crippen LogP contribution in [0.3, 0.4) is 0 Å². The van der Waals surface area contributed by atoms with E-state index in [1.165, 1.54) is 5.56 Å². The highest BCUT2D eigenvalue weighted by Gasteiger charge is 2.45. The number of fused-ring (bicyclic) bond motifs is 1. The van der Waals surface area contributed by atoms with Gasteiger partial charge in [0, 0.05) is 24.4 Å². The number of rotatable bonds is 7. The van der Waals surface area contributed by atoms with Crippen molar-refractivity contribution in [2.45, 2.75) is 78.3 Å². The Labute approximate surface area is 181 Å². The molecule has 0 saturated carbocycles. The molecule has 2 unspecified atom stereocenters. The monoisotopic (exact) mass is 411 g/mol. The van der Waals surface area contributed by atoms with Crippen molar-refractivity contribution in [3.8, 4) is 5.75 Å². The molecule has 4 heteroatoms. The predicted octanol–water partition coefficient (Wildman–Crippen LogP) is 6.25. The maximum atomic E-state index is 6.46. The summed E-state index contributed by atoms with van der Waals surface area (Å²) in [5.74, 6) is 0.870. The Kier molecular flexibility index (Phi) is 6.78. The molecule has 0 aliphatic carbocycles. The summed E-state index contributed by atoms with van der Waals surface area (Å²) in [4.78, 5) is 0. The summed E-state index contributed by atoms with van der Waals surface area (Å²) in [5.41, 5.74) is 4.24. The van der Waals surface area contributed by atoms with Gasteiger partial charge < -0.3 is 19.5 Å². The third kappa shape index (κ3) is 4.98. The summed E-state index contributed by atoms with van der Waals surface area (Å²) in [6.07, 6.45) is -0.398. The van der Waals surface area contributed by atoms with Gasteiger partial charge in [0.2, 0.25) is 0 Å². The fraction of sp³-hybridized carbons (Fsp3) is 0.538. The molecule has 4 nitrogen and oxygen atoms in total. The Morgan fingerprint density at radius 3 is 2.30 bits per heavy atom. The van der Waals surface area contributed by atoms with Crippen LogP contribution in [-0.2, 0) is 21.5 Å². The highest BCUT2D eigenvalue weighted by atomic mass is 16.6. The van der Waals surface area contributed by atoms with Crippen molar-refractivity contribution in [1.29, 1.82) is 0 Å². The third-order valence-electron chi connectivity index (χ3n) is 5.63. The first-order valence-corrected chi connectivity index (χ1v) is 11.0. The highest BCUT2D eigenvalue weighted by Crippen LogP contribution is 2.44. The lowest BCUT2D eigenvalue weighted by Gasteiger charge is -2.44. The molecule has 0 aromatic heterocycles. The predicted molar refractivity (Wildman–Crippen MR) is 123 cm³/mol. The van der Waals surface area contributed by atoms with Crippen LogP contribution in [0.1, 0.15) is 71.3 Å². The van der Waals surface area contributed by atoms with Gasteiger partial charge in [-0.2, -0.15) is 0 Å². The van der Waals surface area contributed by atoms with Gasteiger partial charge in [0.15, 0.2) is 0 Å². The molecule has 1 N–H and O–H groups in total. The first kappa shape index (κ1) is 22.6. The SMILES string of the molecule is CCNc1ccc2c(c1)C(OCC)C(OCc1ccc(C(C)(C)C)cc1)C(C)(C)O2. The van der Waals surface area contributed by atoms with Crippen LogP contribution >= 0.6 is 0 Å². The van der Waals surface area contributed by atoms with Crippen molar-refractivity contribution in [3.05, 3.63) is 59.2 Å². The Morgan fingerprint density at radius 2 is 1.70 bits per heavy atom. The van der Waals surface area contributed by atoms with E-state index in [2.05, 4.69) is 83.3 Å². The molecular weight excluding hydrogens is 374 g/mol. The minimum absolute atomic E-state index is 0.145. The maximum absolute atomic E-state index is 6.46. The Hall–Kier alpha value is -2.04. The van der Waals surface area contributed by atoms with E-state index in [1.54, 1.807) is 0 Å². The quantitative estimate of drug-likeness (QED) is 0.584. The van der Waals surface area contributed by atoms with Crippen molar-refractivity contribution in [2.75, 3.05) is 18.5 Å². The van der Waals surface area contributed by atoms with E-state index in [1.807, 2.05) is 13.0 Å². The third-order valence-corrected chi connectivity index (χ3v) is 5.63. The van der Waals surface area contributed by atoms with Crippen LogP contribution in [0.2, 0.25) is 0 Å². The van der Waals surface area contributed by atoms with Gasteiger partial charge in [0.05, 0.1) is 6.61 Å². The van der Waals surface area contributed by atoms with Crippen LogP contribution in [0.25, 0.3) is 0 Å². The molecule has 2 aromatic rings. The van der Waals surface area contributed by atoms with E-state index in [0.29, 0.717) is 13.2 Å². The van der Waals surface area contributed by atoms with Crippen molar-refractivity contribution < 1.29 is 14.2 Å². The van der Waals surface area contributed by atoms with Crippen molar-refractivity contribution in [3.63, 3.8) is 0 Å². The van der Waals surface area contributed by atoms with Crippen molar-refractivity contribution in [1.82, 2.24) is 0 Å². The zero-order chi connectivity index (χ0) is 21.9. The van der Waals surface area contributed by atoms with Gasteiger partial charge in [-0.15, -0.1) is 0 Å². The molecule has 164 valence electrons. The van der Waals surface area contributed by atoms with E-state index in [0.717, 1.165) is 29.1 Å². The van der Waals surface area contributed by atoms with Crippen molar-refractivity contribution >= 4 is 5.69 Å². The highest BCUT2D eigenvalue weighted by molar-refractivity contribution is 5.53. The van der Waals surface area contributed by atoms with Gasteiger partial charge in [-0.3, -0.25) is 0 Å². The number of nitrogens with one attached hydrogen (secondary N) is 1. The average Bonchev–Trinajstić information content (AvgIpc) is 2.67. The van der Waals surface area contributed by atoms with Crippen LogP contribution in [0.5, 0.6) is 5.75 Å². The van der Waals surface area contributed by atoms with E-state index in [-0.39, 0.29) is 17.6 Å². The van der Waals surface area contributed by atoms with E-state index in [4.69, 9.17) is 14.2 Å². The lowest BCUT2D eigenvalue weighted by Crippen LogP contribution is -2.51. The zero-order valence-electron chi connectivity index (χ0n) is 19.5. The summed E-state index contributed by atoms with van der Waals surface area (Å²) in [6, 6.07) is 14.9. The lowest BCUT2D eigenvalue weighted by molar-refractivity contribution is -0.165. The summed E-state index contributed by atoms with van der Waals surface area (Å²) in [6.45, 7) is 17.0. The number of hydrogen-bond acceptors (Lipinski definition) is 4. The van der Waals surface area contributed by atoms with Crippen LogP contribution in [0.4, 0.5) is 5.69 Å². The first-order chi connectivity index (χ1) is 14.2. The molecule has 30 heavy (non-hydrogen) atoms. The minimum atomic E-state index is -0.502. The molecule has 0 bridgehead atoms. The Balaban J connectivity index is 1.84. The van der Waals surface area contributed by atoms with Gasteiger partial charge in [-0.05, 0) is 62.4 Å². The smallest absolute Gasteiger partial charge is 0.132 e. The van der Waals surface area contributed by atoms with Crippen LogP contribution < -0.4 is 10.1 Å². The first-order valence-electron chi connectivity index (χ1n) is 11.0. The normalized spacial score (nSPS) is 20.4. The maximum Gasteiger partial charge on any atom is 0.132 e. The summed E-state index contributed by atoms with van der Waals surface area (Å²) < 4.78 is 19.0. The molecule has 0 fully saturated rings. The number of ether oxygens (including phenoxy) is 3. The van der Waals surface area contributed by atoms with Gasteiger partial charge >= 0.3 is 0 Å². The van der Waals surface area contributed by atoms with Gasteiger partial charge in [-0.1, -0.05) is 45.0 Å². The number of hydrogen-bond donors (Lipinski definition) is 1. The summed E-state index contributed by atoms with van der Waals surface area (Å²) in [7, 11) is 0. The zero-order valence-corrected chi connectivity index (χ0v) is 19.5. The second-order valence-electron chi connectivity index (χ2n) is 9.54. The summed E-state index contributed by atoms with van der Waals surface area (Å²) >= 11 is 0. The topological polar surface area (TPSA) is 39.7 Å². The molecule has 2 atom stereocenters. The summed E-state index contributed by atoms with van der Waals surface area (Å²) in [5, 5.41) is 3.38. The molecule has 1 aliphatic heterocycles. The molecule has 1 heterocycles. The van der Waals surface area contributed by atoms with Crippen molar-refractivity contribution in [2.24, 2.45) is 0 Å². The molecule has 2 aromatic carbocycles. The number of anilines is 1. The standard InChI is InChI=1S/C26H37NO3/c1-8-27-20-14-15-22-21(16-20)23(28-9-2)24(26(6,7)30-22)29-17-18-10-12-19(13-11-18)25(3,4)5/h10-16,23-24,27H,8-9,17H2,1-7H3. The molecular formula is C26H37NO3. The fourth-order valence-electron chi connectivity index (χ4n) is 3.98. The lowest BCUT2D eigenvalue weighted by atomic mass is 9.86.